The van der Waals surface area contributed by atoms with E-state index in [4.69, 9.17) is 5.26 Å². The topological polar surface area (TPSA) is 61.9 Å². The van der Waals surface area contributed by atoms with Gasteiger partial charge in [-0.15, -0.1) is 0 Å². The number of hydrogen-bond acceptors (Lipinski definition) is 4. The molecule has 1 aromatic carbocycles. The van der Waals surface area contributed by atoms with Gasteiger partial charge >= 0.3 is 0 Å². The normalized spacial score (nSPS) is 16.1. The van der Waals surface area contributed by atoms with E-state index >= 15 is 0 Å². The van der Waals surface area contributed by atoms with E-state index in [1.54, 1.807) is 24.4 Å². The fourth-order valence-corrected chi connectivity index (χ4v) is 2.96. The van der Waals surface area contributed by atoms with Crippen LogP contribution in [0.25, 0.3) is 16.7 Å². The summed E-state index contributed by atoms with van der Waals surface area (Å²) in [6, 6.07) is 13.1. The fraction of sp³-hybridized carbons (Fsp3) is 0.286. The molecule has 3 heterocycles. The standard InChI is InChI=1S/C15H9N3O.C6H11F2N/c16-8-11-1-3-14(4-2-11)18-6-5-13-7-12(10-19)9-17-15(13)18;1-9-4-2-6(7,8)3-5-9/h1-7,9-10H;2-5H2,1H3. The van der Waals surface area contributed by atoms with Crippen molar-refractivity contribution in [2.75, 3.05) is 20.1 Å². The van der Waals surface area contributed by atoms with Crippen molar-refractivity contribution in [1.82, 2.24) is 14.5 Å². The summed E-state index contributed by atoms with van der Waals surface area (Å²) in [5.74, 6) is -2.38. The molecule has 5 nitrogen and oxygen atoms in total. The minimum absolute atomic E-state index is 0.0312. The number of fused-ring (bicyclic) bond motifs is 1. The number of alkyl halides is 2. The Morgan fingerprint density at radius 3 is 2.43 bits per heavy atom. The van der Waals surface area contributed by atoms with Crippen molar-refractivity contribution >= 4 is 17.3 Å². The summed E-state index contributed by atoms with van der Waals surface area (Å²) in [7, 11) is 1.87. The molecule has 0 saturated carbocycles. The van der Waals surface area contributed by atoms with E-state index in [1.165, 1.54) is 0 Å². The molecule has 0 N–H and O–H groups in total. The summed E-state index contributed by atoms with van der Waals surface area (Å²) in [6.45, 7) is 1.07. The summed E-state index contributed by atoms with van der Waals surface area (Å²) in [6.07, 6.45) is 4.29. The third kappa shape index (κ3) is 4.59. The van der Waals surface area contributed by atoms with Gasteiger partial charge in [0.2, 0.25) is 0 Å². The number of nitrogens with zero attached hydrogens (tertiary/aromatic N) is 4. The number of piperidine rings is 1. The number of hydrogen-bond donors (Lipinski definition) is 0. The third-order valence-corrected chi connectivity index (χ3v) is 4.68. The van der Waals surface area contributed by atoms with E-state index in [9.17, 15) is 13.6 Å². The fourth-order valence-electron chi connectivity index (χ4n) is 2.96. The lowest BCUT2D eigenvalue weighted by Crippen LogP contribution is -2.36. The second-order valence-electron chi connectivity index (χ2n) is 6.80. The van der Waals surface area contributed by atoms with E-state index in [0.29, 0.717) is 24.2 Å². The molecule has 0 radical (unpaired) electrons. The zero-order valence-electron chi connectivity index (χ0n) is 15.5. The summed E-state index contributed by atoms with van der Waals surface area (Å²) in [4.78, 5) is 16.9. The molecule has 0 atom stereocenters. The number of benzene rings is 1. The first kappa shape index (κ1) is 19.6. The van der Waals surface area contributed by atoms with Gasteiger partial charge in [-0.3, -0.25) is 4.79 Å². The first-order chi connectivity index (χ1) is 13.4. The Labute approximate surface area is 161 Å². The predicted octanol–water partition coefficient (Wildman–Crippen LogP) is 4.06. The molecule has 0 spiro atoms. The van der Waals surface area contributed by atoms with E-state index < -0.39 is 5.92 Å². The van der Waals surface area contributed by atoms with Crippen molar-refractivity contribution < 1.29 is 13.6 Å². The van der Waals surface area contributed by atoms with Crippen molar-refractivity contribution in [2.24, 2.45) is 0 Å². The number of halogens is 2. The second kappa shape index (κ2) is 8.28. The van der Waals surface area contributed by atoms with Crippen LogP contribution in [0.3, 0.4) is 0 Å². The zero-order valence-corrected chi connectivity index (χ0v) is 15.5. The Bertz CT molecular complexity index is 995. The van der Waals surface area contributed by atoms with Crippen LogP contribution in [0.15, 0.2) is 48.8 Å². The van der Waals surface area contributed by atoms with E-state index in [2.05, 4.69) is 11.1 Å². The van der Waals surface area contributed by atoms with Gasteiger partial charge in [0.05, 0.1) is 11.6 Å². The zero-order chi connectivity index (χ0) is 20.1. The van der Waals surface area contributed by atoms with Crippen LogP contribution < -0.4 is 0 Å². The van der Waals surface area contributed by atoms with Crippen molar-refractivity contribution in [1.29, 1.82) is 5.26 Å². The molecule has 1 fully saturated rings. The van der Waals surface area contributed by atoms with Gasteiger partial charge in [-0.05, 0) is 43.4 Å². The van der Waals surface area contributed by atoms with E-state index in [-0.39, 0.29) is 12.8 Å². The second-order valence-corrected chi connectivity index (χ2v) is 6.80. The molecule has 0 aliphatic carbocycles. The van der Waals surface area contributed by atoms with Gasteiger partial charge in [0.15, 0.2) is 6.29 Å². The molecule has 4 rings (SSSR count). The number of aromatic nitrogens is 2. The molecule has 2 aromatic heterocycles. The summed E-state index contributed by atoms with van der Waals surface area (Å²) in [5, 5.41) is 9.70. The van der Waals surface area contributed by atoms with Gasteiger partial charge in [0, 0.05) is 55.0 Å². The molecule has 0 amide bonds. The van der Waals surface area contributed by atoms with Crippen LogP contribution in [0.4, 0.5) is 8.78 Å². The molecular weight excluding hydrogens is 362 g/mol. The molecule has 0 bridgehead atoms. The molecule has 0 unspecified atom stereocenters. The van der Waals surface area contributed by atoms with Crippen LogP contribution in [-0.4, -0.2) is 46.8 Å². The number of aldehydes is 1. The minimum Gasteiger partial charge on any atom is -0.306 e. The van der Waals surface area contributed by atoms with E-state index in [0.717, 1.165) is 23.0 Å². The molecule has 1 saturated heterocycles. The van der Waals surface area contributed by atoms with Crippen LogP contribution in [0.5, 0.6) is 0 Å². The predicted molar refractivity (Wildman–Crippen MR) is 103 cm³/mol. The SMILES string of the molecule is CN1CCC(F)(F)CC1.N#Cc1ccc(-n2ccc3cc(C=O)cnc32)cc1. The van der Waals surface area contributed by atoms with Crippen LogP contribution in [0.1, 0.15) is 28.8 Å². The average Bonchev–Trinajstić information content (AvgIpc) is 3.14. The van der Waals surface area contributed by atoms with Gasteiger partial charge in [0.25, 0.3) is 5.92 Å². The molecule has 1 aliphatic rings. The Morgan fingerprint density at radius 1 is 1.18 bits per heavy atom. The van der Waals surface area contributed by atoms with Gasteiger partial charge in [-0.25, -0.2) is 13.8 Å². The van der Waals surface area contributed by atoms with Crippen LogP contribution in [0.2, 0.25) is 0 Å². The third-order valence-electron chi connectivity index (χ3n) is 4.68. The first-order valence-electron chi connectivity index (χ1n) is 8.91. The van der Waals surface area contributed by atoms with Gasteiger partial charge < -0.3 is 9.47 Å². The van der Waals surface area contributed by atoms with Crippen LogP contribution >= 0.6 is 0 Å². The average molecular weight is 382 g/mol. The number of nitriles is 1. The maximum absolute atomic E-state index is 12.4. The smallest absolute Gasteiger partial charge is 0.250 e. The van der Waals surface area contributed by atoms with Crippen molar-refractivity contribution in [3.8, 4) is 11.8 Å². The van der Waals surface area contributed by atoms with Crippen molar-refractivity contribution in [3.05, 3.63) is 59.9 Å². The Hall–Kier alpha value is -3.11. The number of pyridine rings is 1. The van der Waals surface area contributed by atoms with Gasteiger partial charge in [-0.2, -0.15) is 5.26 Å². The number of rotatable bonds is 2. The van der Waals surface area contributed by atoms with Crippen molar-refractivity contribution in [3.63, 3.8) is 0 Å². The Morgan fingerprint density at radius 2 is 1.86 bits per heavy atom. The summed E-state index contributed by atoms with van der Waals surface area (Å²) in [5.41, 5.74) is 2.90. The maximum Gasteiger partial charge on any atom is 0.250 e. The highest BCUT2D eigenvalue weighted by Crippen LogP contribution is 2.26. The monoisotopic (exact) mass is 382 g/mol. The molecule has 28 heavy (non-hydrogen) atoms. The molecule has 1 aliphatic heterocycles. The molecular formula is C21H20F2N4O. The number of carbonyl (C=O) groups is 1. The minimum atomic E-state index is -2.38. The lowest BCUT2D eigenvalue weighted by atomic mass is 10.1. The van der Waals surface area contributed by atoms with Gasteiger partial charge in [0.1, 0.15) is 5.65 Å². The highest BCUT2D eigenvalue weighted by atomic mass is 19.3. The van der Waals surface area contributed by atoms with Gasteiger partial charge in [-0.1, -0.05) is 0 Å². The maximum atomic E-state index is 12.4. The Kier molecular flexibility index (Phi) is 5.81. The van der Waals surface area contributed by atoms with Crippen LogP contribution in [0, 0.1) is 11.3 Å². The summed E-state index contributed by atoms with van der Waals surface area (Å²) < 4.78 is 26.6. The quantitative estimate of drug-likeness (QED) is 0.627. The molecule has 7 heteroatoms. The lowest BCUT2D eigenvalue weighted by Gasteiger charge is -2.28. The molecule has 144 valence electrons. The largest absolute Gasteiger partial charge is 0.306 e. The summed E-state index contributed by atoms with van der Waals surface area (Å²) >= 11 is 0. The first-order valence-corrected chi connectivity index (χ1v) is 8.91. The van der Waals surface area contributed by atoms with Crippen molar-refractivity contribution in [2.45, 2.75) is 18.8 Å². The highest BCUT2D eigenvalue weighted by molar-refractivity contribution is 5.85. The lowest BCUT2D eigenvalue weighted by molar-refractivity contribution is -0.0504. The van der Waals surface area contributed by atoms with E-state index in [1.807, 2.05) is 40.9 Å². The highest BCUT2D eigenvalue weighted by Gasteiger charge is 2.32. The van der Waals surface area contributed by atoms with Crippen LogP contribution in [-0.2, 0) is 0 Å². The molecule has 3 aromatic rings. The number of likely N-dealkylation sites (tertiary alicyclic amines) is 1. The number of carbonyl (C=O) groups excluding carboxylic acids is 1. The Balaban J connectivity index is 0.000000211.